The molecule has 2 aliphatic rings. The number of alkyl halides is 2. The maximum Gasteiger partial charge on any atom is 0.387 e. The molecule has 5 rings (SSSR count). The lowest BCUT2D eigenvalue weighted by Crippen LogP contribution is -2.53. The summed E-state index contributed by atoms with van der Waals surface area (Å²) in [6.45, 7) is 5.89. The van der Waals surface area contributed by atoms with Gasteiger partial charge in [-0.05, 0) is 80.9 Å². The predicted molar refractivity (Wildman–Crippen MR) is 143 cm³/mol. The molecule has 2 unspecified atom stereocenters. The number of nitrogens with one attached hydrogen (secondary N) is 1. The number of aromatic hydroxyl groups is 1. The predicted octanol–water partition coefficient (Wildman–Crippen LogP) is 5.07. The number of imide groups is 1. The molecule has 2 aromatic carbocycles. The molecule has 1 saturated heterocycles. The number of benzene rings is 2. The van der Waals surface area contributed by atoms with Gasteiger partial charge in [-0.25, -0.2) is 4.79 Å². The zero-order valence-corrected chi connectivity index (χ0v) is 22.4. The van der Waals surface area contributed by atoms with Crippen molar-refractivity contribution < 1.29 is 28.2 Å². The molecule has 2 atom stereocenters. The molecule has 1 fully saturated rings. The van der Waals surface area contributed by atoms with Crippen molar-refractivity contribution in [2.75, 3.05) is 26.2 Å². The van der Waals surface area contributed by atoms with Gasteiger partial charge < -0.3 is 24.6 Å². The quantitative estimate of drug-likeness (QED) is 0.351. The number of carbonyl (C=O) groups is 2. The number of ether oxygens (including phenoxy) is 1. The molecule has 8 nitrogen and oxygen atoms in total. The molecule has 3 aromatic rings. The second kappa shape index (κ2) is 10.5. The van der Waals surface area contributed by atoms with E-state index < -0.39 is 18.2 Å². The third-order valence-corrected chi connectivity index (χ3v) is 8.07. The summed E-state index contributed by atoms with van der Waals surface area (Å²) < 4.78 is 30.5. The molecular weight excluding hydrogens is 506 g/mol. The van der Waals surface area contributed by atoms with E-state index in [2.05, 4.69) is 28.5 Å². The van der Waals surface area contributed by atoms with Crippen LogP contribution in [0.5, 0.6) is 11.5 Å². The number of nitrogens with zero attached hydrogens (tertiary/aromatic N) is 3. The van der Waals surface area contributed by atoms with Crippen molar-refractivity contribution in [1.29, 1.82) is 0 Å². The molecule has 208 valence electrons. The first kappa shape index (κ1) is 26.9. The fraction of sp³-hybridized carbons (Fsp3) is 0.448. The number of phenolic OH excluding ortho intramolecular Hbond substituents is 1. The molecule has 0 aliphatic carbocycles. The summed E-state index contributed by atoms with van der Waals surface area (Å²) in [6, 6.07) is 10.7. The molecule has 0 radical (unpaired) electrons. The first-order valence-electron chi connectivity index (χ1n) is 13.4. The van der Waals surface area contributed by atoms with Gasteiger partial charge in [-0.1, -0.05) is 26.0 Å². The Morgan fingerprint density at radius 3 is 2.64 bits per heavy atom. The molecule has 2 aliphatic heterocycles. The highest BCUT2D eigenvalue weighted by molar-refractivity contribution is 6.08. The summed E-state index contributed by atoms with van der Waals surface area (Å²) in [5.74, 6) is -0.116. The molecule has 1 aromatic heterocycles. The van der Waals surface area contributed by atoms with Gasteiger partial charge in [-0.2, -0.15) is 8.78 Å². The minimum atomic E-state index is -2.96. The lowest BCUT2D eigenvalue weighted by molar-refractivity contribution is -0.133. The highest BCUT2D eigenvalue weighted by Gasteiger charge is 2.59. The number of phenols is 1. The van der Waals surface area contributed by atoms with Crippen LogP contribution in [-0.2, 0) is 17.6 Å². The molecule has 10 heteroatoms. The van der Waals surface area contributed by atoms with Crippen LogP contribution < -0.4 is 4.74 Å². The first-order chi connectivity index (χ1) is 18.7. The topological polar surface area (TPSA) is 89.1 Å². The van der Waals surface area contributed by atoms with Crippen molar-refractivity contribution >= 4 is 22.8 Å². The number of rotatable bonds is 10. The van der Waals surface area contributed by atoms with Crippen LogP contribution in [0.4, 0.5) is 13.6 Å². The summed E-state index contributed by atoms with van der Waals surface area (Å²) in [5.41, 5.74) is 1.93. The lowest BCUT2D eigenvalue weighted by atomic mass is 9.81. The molecule has 3 heterocycles. The number of hydrogen-bond donors (Lipinski definition) is 2. The van der Waals surface area contributed by atoms with E-state index in [1.54, 1.807) is 42.2 Å². The number of H-pyrrole nitrogens is 1. The van der Waals surface area contributed by atoms with Crippen molar-refractivity contribution in [2.45, 2.75) is 58.2 Å². The minimum absolute atomic E-state index is 0.0308. The Balaban J connectivity index is 1.55. The molecule has 0 spiro atoms. The maximum atomic E-state index is 13.9. The Hall–Kier alpha value is -3.66. The smallest absolute Gasteiger partial charge is 0.387 e. The van der Waals surface area contributed by atoms with Crippen LogP contribution in [0, 0.1) is 0 Å². The normalized spacial score (nSPS) is 20.8. The minimum Gasteiger partial charge on any atom is -0.508 e. The summed E-state index contributed by atoms with van der Waals surface area (Å²) in [5, 5.41) is 10.8. The van der Waals surface area contributed by atoms with Gasteiger partial charge in [0.1, 0.15) is 17.0 Å². The molecule has 3 amide bonds. The number of aromatic nitrogens is 1. The van der Waals surface area contributed by atoms with Crippen molar-refractivity contribution in [3.05, 3.63) is 59.3 Å². The standard InChI is InChI=1S/C29H34F2N4O4/c1-4-33(5-2)12-7-13-34-26(37)29(3)17-22-21-16-20(39-27(30)31)10-11-23(21)32-25(22)24(35(29)28(34)38)15-18-8-6-9-19(36)14-18/h6,8-11,14,16,24,27,32,36H,4-5,7,12-13,15,17H2,1-3H3. The van der Waals surface area contributed by atoms with E-state index in [0.29, 0.717) is 30.3 Å². The first-order valence-corrected chi connectivity index (χ1v) is 13.4. The van der Waals surface area contributed by atoms with E-state index in [1.165, 1.54) is 11.0 Å². The molecule has 0 bridgehead atoms. The van der Waals surface area contributed by atoms with E-state index >= 15 is 0 Å². The van der Waals surface area contributed by atoms with Crippen LogP contribution in [0.25, 0.3) is 10.9 Å². The largest absolute Gasteiger partial charge is 0.508 e. The van der Waals surface area contributed by atoms with E-state index in [4.69, 9.17) is 0 Å². The van der Waals surface area contributed by atoms with Crippen molar-refractivity contribution in [1.82, 2.24) is 19.7 Å². The van der Waals surface area contributed by atoms with Crippen molar-refractivity contribution in [3.8, 4) is 11.5 Å². The molecular formula is C29H34F2N4O4. The number of aromatic amines is 1. The Morgan fingerprint density at radius 1 is 1.18 bits per heavy atom. The average Bonchev–Trinajstić information content (AvgIpc) is 3.33. The lowest BCUT2D eigenvalue weighted by Gasteiger charge is -2.42. The fourth-order valence-corrected chi connectivity index (χ4v) is 6.12. The van der Waals surface area contributed by atoms with Gasteiger partial charge in [0.15, 0.2) is 0 Å². The van der Waals surface area contributed by atoms with E-state index in [0.717, 1.165) is 36.5 Å². The van der Waals surface area contributed by atoms with Gasteiger partial charge in [-0.3, -0.25) is 9.69 Å². The zero-order chi connectivity index (χ0) is 27.9. The van der Waals surface area contributed by atoms with Crippen molar-refractivity contribution in [2.24, 2.45) is 0 Å². The van der Waals surface area contributed by atoms with E-state index in [-0.39, 0.29) is 29.9 Å². The number of hydrogen-bond acceptors (Lipinski definition) is 5. The summed E-state index contributed by atoms with van der Waals surface area (Å²) in [7, 11) is 0. The number of amides is 3. The highest BCUT2D eigenvalue weighted by Crippen LogP contribution is 2.48. The third kappa shape index (κ3) is 4.82. The van der Waals surface area contributed by atoms with Gasteiger partial charge >= 0.3 is 12.6 Å². The van der Waals surface area contributed by atoms with Gasteiger partial charge in [0, 0.05) is 29.6 Å². The fourth-order valence-electron chi connectivity index (χ4n) is 6.12. The summed E-state index contributed by atoms with van der Waals surface area (Å²) in [4.78, 5) is 36.5. The number of carbonyl (C=O) groups excluding carboxylic acids is 2. The highest BCUT2D eigenvalue weighted by atomic mass is 19.3. The Kier molecular flexibility index (Phi) is 7.24. The Bertz CT molecular complexity index is 1390. The number of urea groups is 1. The maximum absolute atomic E-state index is 13.9. The molecule has 39 heavy (non-hydrogen) atoms. The summed E-state index contributed by atoms with van der Waals surface area (Å²) in [6.07, 6.45) is 1.27. The van der Waals surface area contributed by atoms with Crippen molar-refractivity contribution in [3.63, 3.8) is 0 Å². The summed E-state index contributed by atoms with van der Waals surface area (Å²) >= 11 is 0. The Morgan fingerprint density at radius 2 is 1.95 bits per heavy atom. The number of fused-ring (bicyclic) bond motifs is 4. The second-order valence-electron chi connectivity index (χ2n) is 10.4. The van der Waals surface area contributed by atoms with Crippen LogP contribution >= 0.6 is 0 Å². The third-order valence-electron chi connectivity index (χ3n) is 8.07. The van der Waals surface area contributed by atoms with Crippen LogP contribution in [0.2, 0.25) is 0 Å². The van der Waals surface area contributed by atoms with Crippen LogP contribution in [0.15, 0.2) is 42.5 Å². The van der Waals surface area contributed by atoms with E-state index in [1.807, 2.05) is 6.07 Å². The van der Waals surface area contributed by atoms with Crippen LogP contribution in [-0.4, -0.2) is 75.1 Å². The molecule has 2 N–H and O–H groups in total. The van der Waals surface area contributed by atoms with Crippen LogP contribution in [0.1, 0.15) is 50.1 Å². The Labute approximate surface area is 226 Å². The van der Waals surface area contributed by atoms with E-state index in [9.17, 15) is 23.5 Å². The SMILES string of the molecule is CCN(CC)CCCN1C(=O)N2C(Cc3cccc(O)c3)c3[nH]c4ccc(OC(F)F)cc4c3CC2(C)C1=O. The zero-order valence-electron chi connectivity index (χ0n) is 22.4. The average molecular weight is 541 g/mol. The second-order valence-corrected chi connectivity index (χ2v) is 10.4. The van der Waals surface area contributed by atoms with Gasteiger partial charge in [0.25, 0.3) is 5.91 Å². The van der Waals surface area contributed by atoms with Crippen LogP contribution in [0.3, 0.4) is 0 Å². The molecule has 0 saturated carbocycles. The number of halogens is 2. The monoisotopic (exact) mass is 540 g/mol. The van der Waals surface area contributed by atoms with Gasteiger partial charge in [-0.15, -0.1) is 0 Å². The van der Waals surface area contributed by atoms with Gasteiger partial charge in [0.2, 0.25) is 0 Å². The van der Waals surface area contributed by atoms with Gasteiger partial charge in [0.05, 0.1) is 6.04 Å².